The molecule has 26 heavy (non-hydrogen) atoms. The van der Waals surface area contributed by atoms with E-state index in [1.165, 1.54) is 18.2 Å². The second kappa shape index (κ2) is 8.77. The van der Waals surface area contributed by atoms with E-state index in [-0.39, 0.29) is 11.8 Å². The average molecular weight is 375 g/mol. The molecule has 0 amide bonds. The van der Waals surface area contributed by atoms with Gasteiger partial charge in [-0.1, -0.05) is 60.7 Å². The number of hydrogen-bond donors (Lipinski definition) is 0. The minimum Gasteiger partial charge on any atom is -0.296 e. The molecule has 0 bridgehead atoms. The first-order chi connectivity index (χ1) is 12.6. The van der Waals surface area contributed by atoms with Crippen molar-refractivity contribution in [2.24, 2.45) is 0 Å². The summed E-state index contributed by atoms with van der Waals surface area (Å²) in [6.45, 7) is 4.06. The molecule has 1 fully saturated rings. The fourth-order valence-corrected chi connectivity index (χ4v) is 4.35. The Hall–Kier alpha value is -1.73. The van der Waals surface area contributed by atoms with Crippen molar-refractivity contribution in [1.29, 1.82) is 0 Å². The Morgan fingerprint density at radius 2 is 1.50 bits per heavy atom. The lowest BCUT2D eigenvalue weighted by Crippen LogP contribution is -2.54. The fourth-order valence-electron chi connectivity index (χ4n) is 3.43. The molecule has 3 rings (SSSR count). The summed E-state index contributed by atoms with van der Waals surface area (Å²) in [6.07, 6.45) is 0. The first-order valence-electron chi connectivity index (χ1n) is 8.88. The number of hydrogen-bond acceptors (Lipinski definition) is 5. The maximum Gasteiger partial charge on any atom is 0.268 e. The van der Waals surface area contributed by atoms with E-state index < -0.39 is 10.1 Å². The van der Waals surface area contributed by atoms with E-state index in [1.54, 1.807) is 0 Å². The van der Waals surface area contributed by atoms with Crippen LogP contribution in [0.2, 0.25) is 0 Å². The van der Waals surface area contributed by atoms with Crippen molar-refractivity contribution in [3.05, 3.63) is 71.8 Å². The van der Waals surface area contributed by atoms with Crippen molar-refractivity contribution in [2.45, 2.75) is 19.1 Å². The molecule has 0 spiro atoms. The highest BCUT2D eigenvalue weighted by atomic mass is 32.2. The van der Waals surface area contributed by atoms with Gasteiger partial charge in [0, 0.05) is 38.8 Å². The summed E-state index contributed by atoms with van der Waals surface area (Å²) in [4.78, 5) is 4.58. The maximum absolute atomic E-state index is 12.1. The second-order valence-corrected chi connectivity index (χ2v) is 8.50. The van der Waals surface area contributed by atoms with Crippen molar-refractivity contribution in [3.63, 3.8) is 0 Å². The van der Waals surface area contributed by atoms with Gasteiger partial charge in [-0.3, -0.25) is 14.0 Å². The normalized spacial score (nSPS) is 19.5. The minimum absolute atomic E-state index is 0.0155. The van der Waals surface area contributed by atoms with Crippen LogP contribution in [-0.4, -0.2) is 56.8 Å². The first-order valence-corrected chi connectivity index (χ1v) is 10.5. The van der Waals surface area contributed by atoms with Gasteiger partial charge in [0.2, 0.25) is 0 Å². The number of rotatable bonds is 7. The van der Waals surface area contributed by atoms with E-state index in [1.807, 2.05) is 36.4 Å². The Labute approximate surface area is 156 Å². The number of nitrogens with zero attached hydrogens (tertiary/aromatic N) is 2. The van der Waals surface area contributed by atoms with Crippen LogP contribution in [0.1, 0.15) is 11.1 Å². The highest BCUT2D eigenvalue weighted by Gasteiger charge is 2.31. The third-order valence-electron chi connectivity index (χ3n) is 4.82. The Morgan fingerprint density at radius 1 is 0.923 bits per heavy atom. The summed E-state index contributed by atoms with van der Waals surface area (Å²) in [7, 11) is -2.27. The Morgan fingerprint density at radius 3 is 2.08 bits per heavy atom. The van der Waals surface area contributed by atoms with Gasteiger partial charge in [0.15, 0.2) is 0 Å². The molecule has 6 heteroatoms. The molecule has 1 aliphatic heterocycles. The van der Waals surface area contributed by atoms with Gasteiger partial charge in [0.25, 0.3) is 10.1 Å². The fraction of sp³-hybridized carbons (Fsp3) is 0.400. The highest BCUT2D eigenvalue weighted by molar-refractivity contribution is 7.86. The molecule has 0 aromatic heterocycles. The van der Waals surface area contributed by atoms with Gasteiger partial charge in [-0.15, -0.1) is 0 Å². The summed E-state index contributed by atoms with van der Waals surface area (Å²) in [5.74, 6) is 0.0155. The van der Waals surface area contributed by atoms with Crippen LogP contribution in [-0.2, 0) is 27.4 Å². The quantitative estimate of drug-likeness (QED) is 0.697. The lowest BCUT2D eigenvalue weighted by molar-refractivity contribution is 0.0737. The van der Waals surface area contributed by atoms with Crippen molar-refractivity contribution < 1.29 is 12.6 Å². The van der Waals surface area contributed by atoms with Crippen molar-refractivity contribution in [2.75, 3.05) is 32.5 Å². The molecule has 5 nitrogen and oxygen atoms in total. The molecule has 0 N–H and O–H groups in total. The van der Waals surface area contributed by atoms with E-state index in [0.717, 1.165) is 26.2 Å². The molecule has 0 radical (unpaired) electrons. The number of benzene rings is 2. The van der Waals surface area contributed by atoms with Crippen molar-refractivity contribution >= 4 is 10.1 Å². The first kappa shape index (κ1) is 19.0. The second-order valence-electron chi connectivity index (χ2n) is 6.72. The SMILES string of the molecule is COS(=O)(=O)C[C@H]1CN(Cc2ccccc2)CCN1Cc1ccccc1. The predicted octanol–water partition coefficient (Wildman–Crippen LogP) is 2.35. The third-order valence-corrected chi connectivity index (χ3v) is 6.12. The van der Waals surface area contributed by atoms with Crippen LogP contribution in [0.5, 0.6) is 0 Å². The minimum atomic E-state index is -3.51. The Kier molecular flexibility index (Phi) is 6.43. The van der Waals surface area contributed by atoms with Crippen LogP contribution in [0.15, 0.2) is 60.7 Å². The molecule has 140 valence electrons. The largest absolute Gasteiger partial charge is 0.296 e. The maximum atomic E-state index is 12.1. The molecule has 0 aliphatic carbocycles. The smallest absolute Gasteiger partial charge is 0.268 e. The van der Waals surface area contributed by atoms with Crippen LogP contribution in [0, 0.1) is 0 Å². The van der Waals surface area contributed by atoms with Gasteiger partial charge in [0.1, 0.15) is 0 Å². The molecule has 2 aromatic rings. The van der Waals surface area contributed by atoms with E-state index in [0.29, 0.717) is 6.54 Å². The summed E-state index contributed by atoms with van der Waals surface area (Å²) in [6, 6.07) is 20.4. The molecule has 1 saturated heterocycles. The zero-order valence-electron chi connectivity index (χ0n) is 15.1. The van der Waals surface area contributed by atoms with E-state index >= 15 is 0 Å². The molecule has 0 unspecified atom stereocenters. The van der Waals surface area contributed by atoms with Crippen LogP contribution < -0.4 is 0 Å². The summed E-state index contributed by atoms with van der Waals surface area (Å²) >= 11 is 0. The molecule has 1 atom stereocenters. The van der Waals surface area contributed by atoms with Crippen molar-refractivity contribution in [1.82, 2.24) is 9.80 Å². The van der Waals surface area contributed by atoms with E-state index in [4.69, 9.17) is 4.18 Å². The molecule has 1 aliphatic rings. The van der Waals surface area contributed by atoms with Gasteiger partial charge in [-0.25, -0.2) is 0 Å². The van der Waals surface area contributed by atoms with Gasteiger partial charge in [-0.05, 0) is 11.1 Å². The van der Waals surface area contributed by atoms with Crippen LogP contribution >= 0.6 is 0 Å². The molecular weight excluding hydrogens is 348 g/mol. The number of piperazine rings is 1. The predicted molar refractivity (Wildman–Crippen MR) is 103 cm³/mol. The van der Waals surface area contributed by atoms with Gasteiger partial charge in [0.05, 0.1) is 12.9 Å². The summed E-state index contributed by atoms with van der Waals surface area (Å²) < 4.78 is 28.8. The zero-order chi connectivity index (χ0) is 18.4. The third kappa shape index (κ3) is 5.38. The molecule has 2 aromatic carbocycles. The average Bonchev–Trinajstić information content (AvgIpc) is 2.65. The van der Waals surface area contributed by atoms with E-state index in [9.17, 15) is 8.42 Å². The molecular formula is C20H26N2O3S. The summed E-state index contributed by atoms with van der Waals surface area (Å²) in [5, 5.41) is 0. The van der Waals surface area contributed by atoms with Crippen LogP contribution in [0.25, 0.3) is 0 Å². The highest BCUT2D eigenvalue weighted by Crippen LogP contribution is 2.18. The topological polar surface area (TPSA) is 49.9 Å². The molecule has 0 saturated carbocycles. The monoisotopic (exact) mass is 374 g/mol. The zero-order valence-corrected chi connectivity index (χ0v) is 15.9. The Balaban J connectivity index is 1.71. The lowest BCUT2D eigenvalue weighted by Gasteiger charge is -2.41. The van der Waals surface area contributed by atoms with Gasteiger partial charge < -0.3 is 0 Å². The Bertz CT molecular complexity index is 781. The van der Waals surface area contributed by atoms with Crippen molar-refractivity contribution in [3.8, 4) is 0 Å². The van der Waals surface area contributed by atoms with Crippen LogP contribution in [0.3, 0.4) is 0 Å². The molecule has 1 heterocycles. The van der Waals surface area contributed by atoms with Crippen LogP contribution in [0.4, 0.5) is 0 Å². The van der Waals surface area contributed by atoms with Gasteiger partial charge >= 0.3 is 0 Å². The summed E-state index contributed by atoms with van der Waals surface area (Å²) in [5.41, 5.74) is 2.45. The van der Waals surface area contributed by atoms with E-state index in [2.05, 4.69) is 34.1 Å². The van der Waals surface area contributed by atoms with Gasteiger partial charge in [-0.2, -0.15) is 8.42 Å². The lowest BCUT2D eigenvalue weighted by atomic mass is 10.1. The standard InChI is InChI=1S/C20H26N2O3S/c1-25-26(23,24)17-20-16-21(14-18-8-4-2-5-9-18)12-13-22(20)15-19-10-6-3-7-11-19/h2-11,20H,12-17H2,1H3/t20-/m1/s1.